The van der Waals surface area contributed by atoms with E-state index in [9.17, 15) is 0 Å². The lowest BCUT2D eigenvalue weighted by atomic mass is 10.0. The van der Waals surface area contributed by atoms with Crippen molar-refractivity contribution >= 4 is 28.4 Å². The highest BCUT2D eigenvalue weighted by Crippen LogP contribution is 2.31. The predicted molar refractivity (Wildman–Crippen MR) is 123 cm³/mol. The summed E-state index contributed by atoms with van der Waals surface area (Å²) in [7, 11) is 0. The van der Waals surface area contributed by atoms with Crippen LogP contribution in [0.2, 0.25) is 0 Å². The largest absolute Gasteiger partial charge is 0.338 e. The van der Waals surface area contributed by atoms with Gasteiger partial charge in [-0.3, -0.25) is 4.99 Å². The fourth-order valence-electron chi connectivity index (χ4n) is 3.08. The maximum Gasteiger partial charge on any atom is 0.117 e. The van der Waals surface area contributed by atoms with E-state index in [1.165, 1.54) is 5.69 Å². The van der Waals surface area contributed by atoms with Crippen molar-refractivity contribution in [3.05, 3.63) is 82.6 Å². The molecule has 0 radical (unpaired) electrons. The molecular formula is C25H26N2S. The Kier molecular flexibility index (Phi) is 6.68. The number of para-hydroxylation sites is 2. The summed E-state index contributed by atoms with van der Waals surface area (Å²) in [5.41, 5.74) is 5.22. The molecule has 0 unspecified atom stereocenters. The first kappa shape index (κ1) is 19.9. The van der Waals surface area contributed by atoms with Crippen LogP contribution in [-0.4, -0.2) is 17.8 Å². The second-order valence-electron chi connectivity index (χ2n) is 7.15. The number of thiophene rings is 1. The van der Waals surface area contributed by atoms with Crippen molar-refractivity contribution in [1.29, 1.82) is 0 Å². The third-order valence-electron chi connectivity index (χ3n) is 4.20. The molecule has 2 nitrogen and oxygen atoms in total. The van der Waals surface area contributed by atoms with E-state index in [0.717, 1.165) is 22.5 Å². The van der Waals surface area contributed by atoms with Crippen LogP contribution in [0.3, 0.4) is 0 Å². The number of hydrogen-bond acceptors (Lipinski definition) is 3. The Balaban J connectivity index is 2.12. The molecule has 142 valence electrons. The smallest absolute Gasteiger partial charge is 0.117 e. The van der Waals surface area contributed by atoms with Crippen molar-refractivity contribution in [3.63, 3.8) is 0 Å². The number of hydrogen-bond donors (Lipinski definition) is 0. The molecule has 28 heavy (non-hydrogen) atoms. The fraction of sp³-hybridized carbons (Fsp3) is 0.240. The summed E-state index contributed by atoms with van der Waals surface area (Å²) in [4.78, 5) is 7.21. The Bertz CT molecular complexity index is 974. The van der Waals surface area contributed by atoms with Crippen molar-refractivity contribution in [3.8, 4) is 11.8 Å². The summed E-state index contributed by atoms with van der Waals surface area (Å²) in [5, 5.41) is 4.11. The maximum atomic E-state index is 4.86. The van der Waals surface area contributed by atoms with Crippen LogP contribution in [0.5, 0.6) is 0 Å². The van der Waals surface area contributed by atoms with Crippen LogP contribution in [0.1, 0.15) is 38.8 Å². The topological polar surface area (TPSA) is 15.6 Å². The summed E-state index contributed by atoms with van der Waals surface area (Å²) < 4.78 is 0. The molecule has 0 fully saturated rings. The van der Waals surface area contributed by atoms with Gasteiger partial charge >= 0.3 is 0 Å². The number of aliphatic imine (C=N–C) groups is 1. The first-order chi connectivity index (χ1) is 13.6. The van der Waals surface area contributed by atoms with Gasteiger partial charge in [-0.1, -0.05) is 42.3 Å². The molecule has 0 aliphatic carbocycles. The van der Waals surface area contributed by atoms with Gasteiger partial charge in [0.05, 0.1) is 5.69 Å². The van der Waals surface area contributed by atoms with Gasteiger partial charge in [-0.25, -0.2) is 0 Å². The Morgan fingerprint density at radius 2 is 1.64 bits per heavy atom. The van der Waals surface area contributed by atoms with Crippen molar-refractivity contribution in [2.45, 2.75) is 39.8 Å². The third-order valence-corrected chi connectivity index (χ3v) is 4.89. The van der Waals surface area contributed by atoms with E-state index in [2.05, 4.69) is 98.3 Å². The zero-order valence-corrected chi connectivity index (χ0v) is 17.7. The number of benzene rings is 2. The number of anilines is 2. The molecule has 3 heteroatoms. The van der Waals surface area contributed by atoms with Gasteiger partial charge in [-0.05, 0) is 63.3 Å². The monoisotopic (exact) mass is 386 g/mol. The lowest BCUT2D eigenvalue weighted by Crippen LogP contribution is -2.27. The van der Waals surface area contributed by atoms with Crippen LogP contribution in [0.25, 0.3) is 0 Å². The van der Waals surface area contributed by atoms with E-state index in [4.69, 9.17) is 4.99 Å². The number of nitrogens with zero attached hydrogens (tertiary/aromatic N) is 2. The van der Waals surface area contributed by atoms with E-state index in [1.54, 1.807) is 11.3 Å². The molecule has 0 spiro atoms. The molecule has 0 amide bonds. The zero-order valence-electron chi connectivity index (χ0n) is 16.9. The van der Waals surface area contributed by atoms with Gasteiger partial charge in [0.1, 0.15) is 5.71 Å². The molecule has 2 aromatic carbocycles. The maximum absolute atomic E-state index is 4.86. The fourth-order valence-corrected chi connectivity index (χ4v) is 3.67. The molecule has 0 N–H and O–H groups in total. The number of rotatable bonds is 5. The van der Waals surface area contributed by atoms with E-state index in [-0.39, 0.29) is 6.04 Å². The van der Waals surface area contributed by atoms with E-state index in [0.29, 0.717) is 6.04 Å². The molecule has 0 bridgehead atoms. The summed E-state index contributed by atoms with van der Waals surface area (Å²) in [5.74, 6) is 6.61. The molecule has 0 saturated carbocycles. The van der Waals surface area contributed by atoms with Crippen LogP contribution in [0.4, 0.5) is 11.4 Å². The van der Waals surface area contributed by atoms with Crippen molar-refractivity contribution in [2.24, 2.45) is 4.99 Å². The molecule has 3 aromatic rings. The minimum Gasteiger partial charge on any atom is -0.338 e. The molecule has 1 heterocycles. The van der Waals surface area contributed by atoms with Crippen molar-refractivity contribution < 1.29 is 0 Å². The Labute approximate surface area is 172 Å². The second-order valence-corrected chi connectivity index (χ2v) is 7.93. The van der Waals surface area contributed by atoms with Crippen LogP contribution in [0, 0.1) is 11.8 Å². The Hall–Kier alpha value is -2.83. The minimum absolute atomic E-state index is 0.170. The van der Waals surface area contributed by atoms with Gasteiger partial charge in [0.15, 0.2) is 0 Å². The standard InChI is InChI=1S/C25H26N2S/c1-19(2)26-24(15-14-21-16-17-28-18-21)23-12-8-9-13-25(23)27(20(3)4)22-10-6-5-7-11-22/h5-13,16-20H,1-4H3. The average molecular weight is 387 g/mol. The minimum atomic E-state index is 0.170. The predicted octanol–water partition coefficient (Wildman–Crippen LogP) is 6.54. The highest BCUT2D eigenvalue weighted by atomic mass is 32.1. The van der Waals surface area contributed by atoms with Crippen LogP contribution >= 0.6 is 11.3 Å². The van der Waals surface area contributed by atoms with Crippen molar-refractivity contribution in [1.82, 2.24) is 0 Å². The molecule has 1 aromatic heterocycles. The lowest BCUT2D eigenvalue weighted by Gasteiger charge is -2.31. The summed E-state index contributed by atoms with van der Waals surface area (Å²) >= 11 is 1.66. The van der Waals surface area contributed by atoms with Gasteiger partial charge in [-0.2, -0.15) is 11.3 Å². The third kappa shape index (κ3) is 4.91. The van der Waals surface area contributed by atoms with Gasteiger partial charge in [0.25, 0.3) is 0 Å². The molecule has 3 rings (SSSR count). The summed E-state index contributed by atoms with van der Waals surface area (Å²) in [6.45, 7) is 8.60. The van der Waals surface area contributed by atoms with Gasteiger partial charge < -0.3 is 4.90 Å². The average Bonchev–Trinajstić information content (AvgIpc) is 3.20. The first-order valence-electron chi connectivity index (χ1n) is 9.62. The van der Waals surface area contributed by atoms with E-state index in [1.807, 2.05) is 17.5 Å². The van der Waals surface area contributed by atoms with Crippen molar-refractivity contribution in [2.75, 3.05) is 4.90 Å². The quantitative estimate of drug-likeness (QED) is 0.359. The lowest BCUT2D eigenvalue weighted by molar-refractivity contribution is 0.788. The Morgan fingerprint density at radius 3 is 2.29 bits per heavy atom. The Morgan fingerprint density at radius 1 is 0.929 bits per heavy atom. The van der Waals surface area contributed by atoms with E-state index >= 15 is 0 Å². The SMILES string of the molecule is CC(C)N=C(C#Cc1ccsc1)c1ccccc1N(c1ccccc1)C(C)C. The van der Waals surface area contributed by atoms with E-state index < -0.39 is 0 Å². The molecule has 0 aliphatic heterocycles. The highest BCUT2D eigenvalue weighted by molar-refractivity contribution is 7.08. The first-order valence-corrected chi connectivity index (χ1v) is 10.6. The van der Waals surface area contributed by atoms with Crippen LogP contribution in [0.15, 0.2) is 76.4 Å². The molecule has 0 saturated heterocycles. The summed E-state index contributed by atoms with van der Waals surface area (Å²) in [6, 6.07) is 21.4. The van der Waals surface area contributed by atoms with Gasteiger partial charge in [0, 0.05) is 34.3 Å². The molecule has 0 aliphatic rings. The summed E-state index contributed by atoms with van der Waals surface area (Å²) in [6.07, 6.45) is 0. The highest BCUT2D eigenvalue weighted by Gasteiger charge is 2.18. The van der Waals surface area contributed by atoms with Crippen LogP contribution < -0.4 is 4.90 Å². The zero-order chi connectivity index (χ0) is 19.9. The normalized spacial score (nSPS) is 11.4. The molecule has 0 atom stereocenters. The van der Waals surface area contributed by atoms with Gasteiger partial charge in [0.2, 0.25) is 0 Å². The second kappa shape index (κ2) is 9.39. The molecular weight excluding hydrogens is 360 g/mol. The van der Waals surface area contributed by atoms with Gasteiger partial charge in [-0.15, -0.1) is 0 Å². The van der Waals surface area contributed by atoms with Crippen LogP contribution in [-0.2, 0) is 0 Å².